The molecule has 0 aliphatic heterocycles. The lowest BCUT2D eigenvalue weighted by Crippen LogP contribution is -2.39. The van der Waals surface area contributed by atoms with Gasteiger partial charge in [0.1, 0.15) is 0 Å². The lowest BCUT2D eigenvalue weighted by Gasteiger charge is -2.39. The summed E-state index contributed by atoms with van der Waals surface area (Å²) in [4.78, 5) is 2.51. The van der Waals surface area contributed by atoms with Crippen molar-refractivity contribution in [2.24, 2.45) is 11.7 Å². The average Bonchev–Trinajstić information content (AvgIpc) is 2.48. The molecular weight excluding hydrogens is 324 g/mol. The Morgan fingerprint density at radius 1 is 1.33 bits per heavy atom. The Balaban J connectivity index is 2.25. The number of hydrogen-bond donors (Lipinski definition) is 1. The van der Waals surface area contributed by atoms with Gasteiger partial charge < -0.3 is 10.6 Å². The first-order chi connectivity index (χ1) is 10.0. The summed E-state index contributed by atoms with van der Waals surface area (Å²) < 4.78 is 1.15. The van der Waals surface area contributed by atoms with E-state index in [0.29, 0.717) is 6.04 Å². The molecular formula is C18H29BrN2. The van der Waals surface area contributed by atoms with E-state index in [1.165, 1.54) is 36.9 Å². The van der Waals surface area contributed by atoms with E-state index in [-0.39, 0.29) is 6.04 Å². The minimum absolute atomic E-state index is 0.252. The van der Waals surface area contributed by atoms with Crippen LogP contribution in [0.2, 0.25) is 0 Å². The lowest BCUT2D eigenvalue weighted by molar-refractivity contribution is 0.321. The van der Waals surface area contributed by atoms with Gasteiger partial charge in [-0.15, -0.1) is 0 Å². The number of benzene rings is 1. The van der Waals surface area contributed by atoms with Crippen molar-refractivity contribution in [3.8, 4) is 0 Å². The standard InChI is InChI=1S/C18H29BrN2/c1-4-16(20)11-14-9-10-15(19)12-18(14)21(3)17-8-6-5-7-13(17)2/h9-10,12-13,16-17H,4-8,11,20H2,1-3H3. The van der Waals surface area contributed by atoms with Crippen LogP contribution in [0.25, 0.3) is 0 Å². The number of hydrogen-bond acceptors (Lipinski definition) is 2. The molecule has 0 bridgehead atoms. The van der Waals surface area contributed by atoms with E-state index in [2.05, 4.69) is 59.9 Å². The van der Waals surface area contributed by atoms with Gasteiger partial charge in [0.15, 0.2) is 0 Å². The molecule has 2 N–H and O–H groups in total. The zero-order valence-electron chi connectivity index (χ0n) is 13.6. The maximum Gasteiger partial charge on any atom is 0.0410 e. The zero-order valence-corrected chi connectivity index (χ0v) is 15.2. The van der Waals surface area contributed by atoms with Gasteiger partial charge in [-0.05, 0) is 49.3 Å². The minimum atomic E-state index is 0.252. The van der Waals surface area contributed by atoms with E-state index < -0.39 is 0 Å². The van der Waals surface area contributed by atoms with E-state index in [4.69, 9.17) is 5.73 Å². The second-order valence-electron chi connectivity index (χ2n) is 6.59. The van der Waals surface area contributed by atoms with Gasteiger partial charge in [-0.2, -0.15) is 0 Å². The van der Waals surface area contributed by atoms with Gasteiger partial charge in [0.2, 0.25) is 0 Å². The van der Waals surface area contributed by atoms with Gasteiger partial charge in [-0.1, -0.05) is 48.7 Å². The Bertz CT molecular complexity index is 461. The second kappa shape index (κ2) is 7.64. The fourth-order valence-corrected chi connectivity index (χ4v) is 3.86. The smallest absolute Gasteiger partial charge is 0.0410 e. The van der Waals surface area contributed by atoms with Gasteiger partial charge >= 0.3 is 0 Å². The molecule has 21 heavy (non-hydrogen) atoms. The Kier molecular flexibility index (Phi) is 6.12. The van der Waals surface area contributed by atoms with Crippen molar-refractivity contribution in [3.05, 3.63) is 28.2 Å². The monoisotopic (exact) mass is 352 g/mol. The normalized spacial score (nSPS) is 23.9. The van der Waals surface area contributed by atoms with E-state index in [1.807, 2.05) is 0 Å². The van der Waals surface area contributed by atoms with Crippen LogP contribution in [0.15, 0.2) is 22.7 Å². The van der Waals surface area contributed by atoms with Crippen molar-refractivity contribution in [2.75, 3.05) is 11.9 Å². The first-order valence-electron chi connectivity index (χ1n) is 8.29. The van der Waals surface area contributed by atoms with Crippen LogP contribution in [0, 0.1) is 5.92 Å². The van der Waals surface area contributed by atoms with E-state index in [9.17, 15) is 0 Å². The van der Waals surface area contributed by atoms with Crippen LogP contribution >= 0.6 is 15.9 Å². The van der Waals surface area contributed by atoms with Gasteiger partial charge in [0.25, 0.3) is 0 Å². The van der Waals surface area contributed by atoms with E-state index in [0.717, 1.165) is 23.2 Å². The van der Waals surface area contributed by atoms with Crippen molar-refractivity contribution in [2.45, 2.75) is 64.5 Å². The number of halogens is 1. The predicted molar refractivity (Wildman–Crippen MR) is 95.9 cm³/mol. The van der Waals surface area contributed by atoms with Crippen LogP contribution < -0.4 is 10.6 Å². The number of nitrogens with zero attached hydrogens (tertiary/aromatic N) is 1. The fourth-order valence-electron chi connectivity index (χ4n) is 3.52. The highest BCUT2D eigenvalue weighted by Crippen LogP contribution is 2.33. The highest BCUT2D eigenvalue weighted by atomic mass is 79.9. The third kappa shape index (κ3) is 4.23. The molecule has 0 spiro atoms. The molecule has 3 unspecified atom stereocenters. The summed E-state index contributed by atoms with van der Waals surface area (Å²) in [5.41, 5.74) is 8.92. The van der Waals surface area contributed by atoms with Crippen LogP contribution in [0.5, 0.6) is 0 Å². The molecule has 0 amide bonds. The molecule has 2 nitrogen and oxygen atoms in total. The molecule has 1 saturated carbocycles. The summed E-state index contributed by atoms with van der Waals surface area (Å²) in [7, 11) is 2.26. The Labute approximate surface area is 138 Å². The summed E-state index contributed by atoms with van der Waals surface area (Å²) in [6, 6.07) is 7.55. The summed E-state index contributed by atoms with van der Waals surface area (Å²) in [6.45, 7) is 4.56. The molecule has 3 atom stereocenters. The second-order valence-corrected chi connectivity index (χ2v) is 7.50. The summed E-state index contributed by atoms with van der Waals surface area (Å²) >= 11 is 3.63. The molecule has 3 heteroatoms. The molecule has 0 saturated heterocycles. The molecule has 0 radical (unpaired) electrons. The maximum atomic E-state index is 6.19. The molecule has 0 aromatic heterocycles. The maximum absolute atomic E-state index is 6.19. The van der Waals surface area contributed by atoms with Crippen LogP contribution in [0.1, 0.15) is 51.5 Å². The number of anilines is 1. The quantitative estimate of drug-likeness (QED) is 0.828. The van der Waals surface area contributed by atoms with Crippen molar-refractivity contribution >= 4 is 21.6 Å². The Hall–Kier alpha value is -0.540. The highest BCUT2D eigenvalue weighted by Gasteiger charge is 2.26. The van der Waals surface area contributed by atoms with Crippen molar-refractivity contribution in [1.29, 1.82) is 0 Å². The Morgan fingerprint density at radius 2 is 2.05 bits per heavy atom. The first kappa shape index (κ1) is 16.8. The van der Waals surface area contributed by atoms with Crippen molar-refractivity contribution in [3.63, 3.8) is 0 Å². The van der Waals surface area contributed by atoms with Crippen LogP contribution in [0.4, 0.5) is 5.69 Å². The van der Waals surface area contributed by atoms with Crippen LogP contribution in [-0.2, 0) is 6.42 Å². The highest BCUT2D eigenvalue weighted by molar-refractivity contribution is 9.10. The lowest BCUT2D eigenvalue weighted by atomic mass is 9.84. The molecule has 1 aliphatic carbocycles. The largest absolute Gasteiger partial charge is 0.371 e. The molecule has 0 heterocycles. The average molecular weight is 353 g/mol. The molecule has 118 valence electrons. The zero-order chi connectivity index (χ0) is 15.4. The van der Waals surface area contributed by atoms with Gasteiger partial charge in [0.05, 0.1) is 0 Å². The summed E-state index contributed by atoms with van der Waals surface area (Å²) in [6.07, 6.45) is 7.40. The van der Waals surface area contributed by atoms with Crippen LogP contribution in [-0.4, -0.2) is 19.1 Å². The fraction of sp³-hybridized carbons (Fsp3) is 0.667. The van der Waals surface area contributed by atoms with E-state index in [1.54, 1.807) is 0 Å². The van der Waals surface area contributed by atoms with Gasteiger partial charge in [0, 0.05) is 29.3 Å². The predicted octanol–water partition coefficient (Wildman–Crippen LogP) is 4.74. The first-order valence-corrected chi connectivity index (χ1v) is 9.09. The number of rotatable bonds is 5. The topological polar surface area (TPSA) is 29.3 Å². The van der Waals surface area contributed by atoms with Crippen LogP contribution in [0.3, 0.4) is 0 Å². The third-order valence-corrected chi connectivity index (χ3v) is 5.49. The summed E-state index contributed by atoms with van der Waals surface area (Å²) in [5, 5.41) is 0. The van der Waals surface area contributed by atoms with Crippen molar-refractivity contribution < 1.29 is 0 Å². The van der Waals surface area contributed by atoms with Crippen molar-refractivity contribution in [1.82, 2.24) is 0 Å². The van der Waals surface area contributed by atoms with E-state index >= 15 is 0 Å². The molecule has 1 aromatic carbocycles. The van der Waals surface area contributed by atoms with Gasteiger partial charge in [-0.25, -0.2) is 0 Å². The minimum Gasteiger partial charge on any atom is -0.371 e. The summed E-state index contributed by atoms with van der Waals surface area (Å²) in [5.74, 6) is 0.774. The Morgan fingerprint density at radius 3 is 2.71 bits per heavy atom. The molecule has 2 rings (SSSR count). The number of nitrogens with two attached hydrogens (primary N) is 1. The molecule has 1 fully saturated rings. The SMILES string of the molecule is CCC(N)Cc1ccc(Br)cc1N(C)C1CCCCC1C. The third-order valence-electron chi connectivity index (χ3n) is 5.00. The van der Waals surface area contributed by atoms with Gasteiger partial charge in [-0.3, -0.25) is 0 Å². The molecule has 1 aromatic rings. The molecule has 1 aliphatic rings.